The van der Waals surface area contributed by atoms with E-state index in [4.69, 9.17) is 16.3 Å². The van der Waals surface area contributed by atoms with E-state index in [9.17, 15) is 13.2 Å². The predicted molar refractivity (Wildman–Crippen MR) is 76.5 cm³/mol. The Kier molecular flexibility index (Phi) is 4.11. The van der Waals surface area contributed by atoms with Gasteiger partial charge in [-0.3, -0.25) is 4.79 Å². The highest BCUT2D eigenvalue weighted by atomic mass is 35.5. The molecule has 0 saturated heterocycles. The van der Waals surface area contributed by atoms with Gasteiger partial charge in [0, 0.05) is 11.8 Å². The van der Waals surface area contributed by atoms with Crippen LogP contribution in [0.5, 0.6) is 11.5 Å². The molecule has 104 valence electrons. The smallest absolute Gasteiger partial charge is 0.175 e. The number of carbonyl (C=O) groups excluding carboxylic acids is 1. The Balaban J connectivity index is 2.24. The largest absolute Gasteiger partial charge is 0.456 e. The zero-order valence-corrected chi connectivity index (χ0v) is 12.1. The van der Waals surface area contributed by atoms with Crippen molar-refractivity contribution < 1.29 is 17.9 Å². The molecule has 0 aliphatic carbocycles. The first kappa shape index (κ1) is 14.6. The van der Waals surface area contributed by atoms with Gasteiger partial charge in [0.25, 0.3) is 0 Å². The summed E-state index contributed by atoms with van der Waals surface area (Å²) in [7, 11) is -3.23. The second kappa shape index (κ2) is 5.64. The molecule has 20 heavy (non-hydrogen) atoms. The quantitative estimate of drug-likeness (QED) is 0.813. The lowest BCUT2D eigenvalue weighted by Crippen LogP contribution is -1.96. The van der Waals surface area contributed by atoms with E-state index in [0.29, 0.717) is 28.4 Å². The lowest BCUT2D eigenvalue weighted by atomic mass is 10.2. The van der Waals surface area contributed by atoms with Crippen molar-refractivity contribution in [2.75, 3.05) is 6.26 Å². The fourth-order valence-electron chi connectivity index (χ4n) is 1.56. The Labute approximate surface area is 121 Å². The van der Waals surface area contributed by atoms with Gasteiger partial charge < -0.3 is 4.74 Å². The van der Waals surface area contributed by atoms with E-state index in [1.54, 1.807) is 24.3 Å². The molecule has 0 fully saturated rings. The van der Waals surface area contributed by atoms with E-state index < -0.39 is 9.84 Å². The van der Waals surface area contributed by atoms with Crippen molar-refractivity contribution in [2.45, 2.75) is 4.90 Å². The van der Waals surface area contributed by atoms with Gasteiger partial charge in [-0.2, -0.15) is 0 Å². The third-order valence-electron chi connectivity index (χ3n) is 2.57. The SMILES string of the molecule is CS(=O)(=O)c1ccc(Oc2ccc(C=O)cc2Cl)cc1. The number of benzene rings is 2. The van der Waals surface area contributed by atoms with Crippen molar-refractivity contribution in [2.24, 2.45) is 0 Å². The van der Waals surface area contributed by atoms with Crippen LogP contribution in [0.15, 0.2) is 47.4 Å². The number of halogens is 1. The summed E-state index contributed by atoms with van der Waals surface area (Å²) < 4.78 is 28.2. The maximum Gasteiger partial charge on any atom is 0.175 e. The first-order valence-corrected chi connectivity index (χ1v) is 7.90. The maximum atomic E-state index is 11.3. The van der Waals surface area contributed by atoms with Crippen molar-refractivity contribution in [1.82, 2.24) is 0 Å². The van der Waals surface area contributed by atoms with Gasteiger partial charge in [0.15, 0.2) is 9.84 Å². The van der Waals surface area contributed by atoms with Gasteiger partial charge in [-0.1, -0.05) is 11.6 Å². The lowest BCUT2D eigenvalue weighted by molar-refractivity contribution is 0.112. The van der Waals surface area contributed by atoms with Crippen molar-refractivity contribution >= 4 is 27.7 Å². The highest BCUT2D eigenvalue weighted by Crippen LogP contribution is 2.30. The second-order valence-electron chi connectivity index (χ2n) is 4.15. The molecule has 6 heteroatoms. The molecule has 0 amide bonds. The molecule has 0 atom stereocenters. The molecular formula is C14H11ClO4S. The Morgan fingerprint density at radius 2 is 1.75 bits per heavy atom. The molecule has 0 radical (unpaired) electrons. The zero-order valence-electron chi connectivity index (χ0n) is 10.5. The highest BCUT2D eigenvalue weighted by molar-refractivity contribution is 7.90. The van der Waals surface area contributed by atoms with Crippen molar-refractivity contribution in [3.8, 4) is 11.5 Å². The third kappa shape index (κ3) is 3.37. The number of carbonyl (C=O) groups is 1. The van der Waals surface area contributed by atoms with Gasteiger partial charge in [0.2, 0.25) is 0 Å². The molecule has 0 heterocycles. The molecule has 0 spiro atoms. The molecule has 0 saturated carbocycles. The Hall–Kier alpha value is -1.85. The molecule has 0 aliphatic heterocycles. The summed E-state index contributed by atoms with van der Waals surface area (Å²) in [5.74, 6) is 0.850. The summed E-state index contributed by atoms with van der Waals surface area (Å²) in [6.45, 7) is 0. The van der Waals surface area contributed by atoms with Crippen LogP contribution in [0, 0.1) is 0 Å². The first-order valence-electron chi connectivity index (χ1n) is 5.63. The standard InChI is InChI=1S/C14H11ClO4S/c1-20(17,18)12-5-3-11(4-6-12)19-14-7-2-10(9-16)8-13(14)15/h2-9H,1H3. The van der Waals surface area contributed by atoms with Crippen LogP contribution in [-0.2, 0) is 9.84 Å². The topological polar surface area (TPSA) is 60.4 Å². The van der Waals surface area contributed by atoms with E-state index in [-0.39, 0.29) is 4.90 Å². The van der Waals surface area contributed by atoms with Crippen LogP contribution >= 0.6 is 11.6 Å². The van der Waals surface area contributed by atoms with Crippen LogP contribution in [0.2, 0.25) is 5.02 Å². The number of rotatable bonds is 4. The molecule has 0 unspecified atom stereocenters. The molecular weight excluding hydrogens is 300 g/mol. The minimum atomic E-state index is -3.23. The minimum absolute atomic E-state index is 0.215. The van der Waals surface area contributed by atoms with E-state index in [0.717, 1.165) is 6.26 Å². The normalized spacial score (nSPS) is 11.1. The monoisotopic (exact) mass is 310 g/mol. The summed E-state index contributed by atoms with van der Waals surface area (Å²) in [6.07, 6.45) is 1.83. The molecule has 2 aromatic carbocycles. The average molecular weight is 311 g/mol. The molecule has 0 N–H and O–H groups in total. The van der Waals surface area contributed by atoms with Gasteiger partial charge in [0.05, 0.1) is 9.92 Å². The third-order valence-corrected chi connectivity index (χ3v) is 4.00. The van der Waals surface area contributed by atoms with E-state index >= 15 is 0 Å². The molecule has 0 bridgehead atoms. The van der Waals surface area contributed by atoms with Crippen LogP contribution in [-0.4, -0.2) is 21.0 Å². The molecule has 2 aromatic rings. The molecule has 0 aliphatic rings. The fourth-order valence-corrected chi connectivity index (χ4v) is 2.41. The van der Waals surface area contributed by atoms with Gasteiger partial charge in [0.1, 0.15) is 17.8 Å². The van der Waals surface area contributed by atoms with Crippen LogP contribution in [0.3, 0.4) is 0 Å². The molecule has 0 aromatic heterocycles. The average Bonchev–Trinajstić information content (AvgIpc) is 2.40. The van der Waals surface area contributed by atoms with E-state index in [1.165, 1.54) is 18.2 Å². The summed E-state index contributed by atoms with van der Waals surface area (Å²) in [4.78, 5) is 10.8. The van der Waals surface area contributed by atoms with Crippen LogP contribution < -0.4 is 4.74 Å². The number of aldehydes is 1. The maximum absolute atomic E-state index is 11.3. The van der Waals surface area contributed by atoms with Crippen LogP contribution in [0.1, 0.15) is 10.4 Å². The van der Waals surface area contributed by atoms with Crippen molar-refractivity contribution in [1.29, 1.82) is 0 Å². The van der Waals surface area contributed by atoms with E-state index in [2.05, 4.69) is 0 Å². The van der Waals surface area contributed by atoms with Gasteiger partial charge in [-0.15, -0.1) is 0 Å². The Bertz CT molecular complexity index is 736. The summed E-state index contributed by atoms with van der Waals surface area (Å²) >= 11 is 5.98. The second-order valence-corrected chi connectivity index (χ2v) is 6.58. The Morgan fingerprint density at radius 3 is 2.25 bits per heavy atom. The number of ether oxygens (including phenoxy) is 1. The number of hydrogen-bond donors (Lipinski definition) is 0. The summed E-state index contributed by atoms with van der Waals surface area (Å²) in [5, 5.41) is 0.307. The van der Waals surface area contributed by atoms with Gasteiger partial charge in [-0.05, 0) is 42.5 Å². The number of hydrogen-bond acceptors (Lipinski definition) is 4. The highest BCUT2D eigenvalue weighted by Gasteiger charge is 2.08. The van der Waals surface area contributed by atoms with Crippen molar-refractivity contribution in [3.05, 3.63) is 53.1 Å². The predicted octanol–water partition coefficient (Wildman–Crippen LogP) is 3.35. The molecule has 4 nitrogen and oxygen atoms in total. The van der Waals surface area contributed by atoms with Crippen molar-refractivity contribution in [3.63, 3.8) is 0 Å². The van der Waals surface area contributed by atoms with Gasteiger partial charge >= 0.3 is 0 Å². The summed E-state index contributed by atoms with van der Waals surface area (Å²) in [5.41, 5.74) is 0.453. The first-order chi connectivity index (χ1) is 9.40. The van der Waals surface area contributed by atoms with Crippen LogP contribution in [0.4, 0.5) is 0 Å². The fraction of sp³-hybridized carbons (Fsp3) is 0.0714. The van der Waals surface area contributed by atoms with Gasteiger partial charge in [-0.25, -0.2) is 8.42 Å². The minimum Gasteiger partial charge on any atom is -0.456 e. The lowest BCUT2D eigenvalue weighted by Gasteiger charge is -2.08. The van der Waals surface area contributed by atoms with E-state index in [1.807, 2.05) is 0 Å². The zero-order chi connectivity index (χ0) is 14.8. The number of sulfone groups is 1. The van der Waals surface area contributed by atoms with Crippen LogP contribution in [0.25, 0.3) is 0 Å². The summed E-state index contributed by atoms with van der Waals surface area (Å²) in [6, 6.07) is 10.7. The molecule has 2 rings (SSSR count). The Morgan fingerprint density at radius 1 is 1.10 bits per heavy atom.